The minimum absolute atomic E-state index is 0.383. The van der Waals surface area contributed by atoms with Crippen LogP contribution in [0.1, 0.15) is 40.0 Å². The lowest BCUT2D eigenvalue weighted by Crippen LogP contribution is -2.18. The molecule has 0 spiro atoms. The highest BCUT2D eigenvalue weighted by Gasteiger charge is 2.04. The van der Waals surface area contributed by atoms with Gasteiger partial charge in [0.1, 0.15) is 0 Å². The van der Waals surface area contributed by atoms with Gasteiger partial charge in [-0.3, -0.25) is 0 Å². The van der Waals surface area contributed by atoms with Crippen molar-refractivity contribution in [3.63, 3.8) is 0 Å². The Morgan fingerprint density at radius 3 is 2.33 bits per heavy atom. The Bertz CT molecular complexity index is 93.8. The van der Waals surface area contributed by atoms with Gasteiger partial charge in [0, 0.05) is 6.61 Å². The highest BCUT2D eigenvalue weighted by atomic mass is 16.5. The summed E-state index contributed by atoms with van der Waals surface area (Å²) in [5.41, 5.74) is 5.46. The Kier molecular flexibility index (Phi) is 7.51. The summed E-state index contributed by atoms with van der Waals surface area (Å²) in [5.74, 6) is 0.736. The molecule has 1 atom stereocenters. The first-order valence-corrected chi connectivity index (χ1v) is 5.02. The van der Waals surface area contributed by atoms with Crippen molar-refractivity contribution in [1.29, 1.82) is 0 Å². The molecular formula is C10H23NO. The molecule has 0 saturated heterocycles. The van der Waals surface area contributed by atoms with Crippen LogP contribution in [0.15, 0.2) is 0 Å². The second kappa shape index (κ2) is 7.56. The summed E-state index contributed by atoms with van der Waals surface area (Å²) in [6.07, 6.45) is 3.61. The van der Waals surface area contributed by atoms with Gasteiger partial charge >= 0.3 is 0 Å². The van der Waals surface area contributed by atoms with E-state index < -0.39 is 0 Å². The largest absolute Gasteiger partial charge is 0.378 e. The summed E-state index contributed by atoms with van der Waals surface area (Å²) < 4.78 is 5.66. The maximum Gasteiger partial charge on any atom is 0.0584 e. The van der Waals surface area contributed by atoms with Crippen LogP contribution in [0, 0.1) is 5.92 Å². The molecule has 2 heteroatoms. The quantitative estimate of drug-likeness (QED) is 0.640. The van der Waals surface area contributed by atoms with Crippen molar-refractivity contribution in [2.75, 3.05) is 13.2 Å². The Labute approximate surface area is 76.5 Å². The van der Waals surface area contributed by atoms with Gasteiger partial charge < -0.3 is 10.5 Å². The fourth-order valence-corrected chi connectivity index (χ4v) is 1.06. The van der Waals surface area contributed by atoms with E-state index in [9.17, 15) is 0 Å². The van der Waals surface area contributed by atoms with Gasteiger partial charge in [-0.2, -0.15) is 0 Å². The molecular weight excluding hydrogens is 150 g/mol. The smallest absolute Gasteiger partial charge is 0.0584 e. The van der Waals surface area contributed by atoms with Crippen molar-refractivity contribution >= 4 is 0 Å². The molecule has 0 heterocycles. The molecule has 0 aliphatic rings. The monoisotopic (exact) mass is 173 g/mol. The minimum atomic E-state index is 0.383. The average molecular weight is 173 g/mol. The van der Waals surface area contributed by atoms with Crippen LogP contribution in [-0.4, -0.2) is 19.3 Å². The Morgan fingerprint density at radius 1 is 1.25 bits per heavy atom. The normalized spacial score (nSPS) is 13.8. The number of ether oxygens (including phenoxy) is 1. The van der Waals surface area contributed by atoms with E-state index in [1.165, 1.54) is 0 Å². The first-order valence-electron chi connectivity index (χ1n) is 5.02. The molecule has 1 unspecified atom stereocenters. The van der Waals surface area contributed by atoms with Crippen LogP contribution in [0.3, 0.4) is 0 Å². The fourth-order valence-electron chi connectivity index (χ4n) is 1.06. The third-order valence-electron chi connectivity index (χ3n) is 1.99. The van der Waals surface area contributed by atoms with Gasteiger partial charge in [-0.25, -0.2) is 0 Å². The summed E-state index contributed by atoms with van der Waals surface area (Å²) in [5, 5.41) is 0. The molecule has 0 aromatic rings. The van der Waals surface area contributed by atoms with Crippen LogP contribution in [-0.2, 0) is 4.74 Å². The van der Waals surface area contributed by atoms with Crippen LogP contribution in [0.25, 0.3) is 0 Å². The van der Waals surface area contributed by atoms with E-state index in [-0.39, 0.29) is 0 Å². The molecule has 0 amide bonds. The molecule has 0 aliphatic heterocycles. The second-order valence-corrected chi connectivity index (χ2v) is 3.66. The third kappa shape index (κ3) is 6.62. The summed E-state index contributed by atoms with van der Waals surface area (Å²) >= 11 is 0. The summed E-state index contributed by atoms with van der Waals surface area (Å²) in [7, 11) is 0. The van der Waals surface area contributed by atoms with Gasteiger partial charge in [0.25, 0.3) is 0 Å². The molecule has 0 saturated carbocycles. The first kappa shape index (κ1) is 11.9. The number of hydrogen-bond donors (Lipinski definition) is 1. The maximum absolute atomic E-state index is 5.66. The Balaban J connectivity index is 3.31. The highest BCUT2D eigenvalue weighted by Crippen LogP contribution is 2.06. The van der Waals surface area contributed by atoms with E-state index >= 15 is 0 Å². The summed E-state index contributed by atoms with van der Waals surface area (Å²) in [4.78, 5) is 0. The van der Waals surface area contributed by atoms with Gasteiger partial charge in [-0.1, -0.05) is 20.8 Å². The summed E-state index contributed by atoms with van der Waals surface area (Å²) in [6, 6.07) is 0. The van der Waals surface area contributed by atoms with Crippen LogP contribution in [0.2, 0.25) is 0 Å². The molecule has 0 rings (SSSR count). The molecule has 12 heavy (non-hydrogen) atoms. The zero-order valence-corrected chi connectivity index (χ0v) is 8.68. The zero-order chi connectivity index (χ0) is 9.40. The standard InChI is InChI=1S/C10H23NO/c1-4-10(5-7-11)12-8-6-9(2)3/h9-10H,4-8,11H2,1-3H3. The number of rotatable bonds is 7. The van der Waals surface area contributed by atoms with Crippen molar-refractivity contribution in [3.05, 3.63) is 0 Å². The molecule has 0 fully saturated rings. The third-order valence-corrected chi connectivity index (χ3v) is 1.99. The van der Waals surface area contributed by atoms with Gasteiger partial charge in [-0.15, -0.1) is 0 Å². The van der Waals surface area contributed by atoms with Crippen molar-refractivity contribution in [1.82, 2.24) is 0 Å². The van der Waals surface area contributed by atoms with E-state index in [2.05, 4.69) is 20.8 Å². The average Bonchev–Trinajstić information content (AvgIpc) is 2.02. The fraction of sp³-hybridized carbons (Fsp3) is 1.00. The van der Waals surface area contributed by atoms with E-state index in [1.807, 2.05) is 0 Å². The summed E-state index contributed by atoms with van der Waals surface area (Å²) in [6.45, 7) is 8.20. The topological polar surface area (TPSA) is 35.2 Å². The molecule has 74 valence electrons. The predicted molar refractivity (Wildman–Crippen MR) is 53.2 cm³/mol. The maximum atomic E-state index is 5.66. The first-order chi connectivity index (χ1) is 5.70. The molecule has 0 aromatic carbocycles. The van der Waals surface area contributed by atoms with Crippen LogP contribution in [0.4, 0.5) is 0 Å². The molecule has 0 bridgehead atoms. The highest BCUT2D eigenvalue weighted by molar-refractivity contribution is 4.56. The van der Waals surface area contributed by atoms with Gasteiger partial charge in [0.15, 0.2) is 0 Å². The van der Waals surface area contributed by atoms with Crippen LogP contribution in [0.5, 0.6) is 0 Å². The van der Waals surface area contributed by atoms with Crippen molar-refractivity contribution in [2.24, 2.45) is 11.7 Å². The van der Waals surface area contributed by atoms with Crippen molar-refractivity contribution in [3.8, 4) is 0 Å². The second-order valence-electron chi connectivity index (χ2n) is 3.66. The van der Waals surface area contributed by atoms with Gasteiger partial charge in [0.2, 0.25) is 0 Å². The lowest BCUT2D eigenvalue weighted by molar-refractivity contribution is 0.0402. The molecule has 0 radical (unpaired) electrons. The molecule has 2 N–H and O–H groups in total. The van der Waals surface area contributed by atoms with Gasteiger partial charge in [0.05, 0.1) is 6.10 Å². The van der Waals surface area contributed by atoms with Crippen molar-refractivity contribution < 1.29 is 4.74 Å². The molecule has 0 aromatic heterocycles. The minimum Gasteiger partial charge on any atom is -0.378 e. The lowest BCUT2D eigenvalue weighted by Gasteiger charge is -2.15. The number of nitrogens with two attached hydrogens (primary N) is 1. The SMILES string of the molecule is CCC(CCN)OCCC(C)C. The van der Waals surface area contributed by atoms with E-state index in [4.69, 9.17) is 10.5 Å². The Morgan fingerprint density at radius 2 is 1.92 bits per heavy atom. The predicted octanol–water partition coefficient (Wildman–Crippen LogP) is 2.18. The van der Waals surface area contributed by atoms with E-state index in [0.717, 1.165) is 38.3 Å². The van der Waals surface area contributed by atoms with Crippen LogP contribution >= 0.6 is 0 Å². The zero-order valence-electron chi connectivity index (χ0n) is 8.68. The van der Waals surface area contributed by atoms with Crippen LogP contribution < -0.4 is 5.73 Å². The number of hydrogen-bond acceptors (Lipinski definition) is 2. The molecule has 2 nitrogen and oxygen atoms in total. The van der Waals surface area contributed by atoms with E-state index in [0.29, 0.717) is 6.10 Å². The van der Waals surface area contributed by atoms with Crippen molar-refractivity contribution in [2.45, 2.75) is 46.1 Å². The van der Waals surface area contributed by atoms with Gasteiger partial charge in [-0.05, 0) is 31.7 Å². The van der Waals surface area contributed by atoms with E-state index in [1.54, 1.807) is 0 Å². The lowest BCUT2D eigenvalue weighted by atomic mass is 10.1. The Hall–Kier alpha value is -0.0800. The molecule has 0 aliphatic carbocycles.